The van der Waals surface area contributed by atoms with Crippen LogP contribution in [-0.4, -0.2) is 98.1 Å². The van der Waals surface area contributed by atoms with Crippen molar-refractivity contribution in [3.8, 4) is 0 Å². The van der Waals surface area contributed by atoms with Gasteiger partial charge in [0.25, 0.3) is 0 Å². The van der Waals surface area contributed by atoms with E-state index in [9.17, 15) is 49.1 Å². The molecule has 0 amide bonds. The molecule has 55 heavy (non-hydrogen) atoms. The van der Waals surface area contributed by atoms with E-state index in [0.717, 1.165) is 19.3 Å². The van der Waals surface area contributed by atoms with Crippen LogP contribution in [0, 0.1) is 46.3 Å². The van der Waals surface area contributed by atoms with E-state index in [4.69, 9.17) is 17.8 Å². The van der Waals surface area contributed by atoms with Crippen LogP contribution < -0.4 is 88.7 Å². The largest absolute Gasteiger partial charge is 1.00 e. The van der Waals surface area contributed by atoms with Gasteiger partial charge >= 0.3 is 88.7 Å². The molecule has 22 heteroatoms. The summed E-state index contributed by atoms with van der Waals surface area (Å²) in [5.41, 5.74) is 0.582. The van der Waals surface area contributed by atoms with Crippen LogP contribution in [0.15, 0.2) is 11.6 Å². The molecule has 0 radical (unpaired) electrons. The third kappa shape index (κ3) is 12.4. The van der Waals surface area contributed by atoms with Gasteiger partial charge in [-0.2, -0.15) is 0 Å². The van der Waals surface area contributed by atoms with Crippen molar-refractivity contribution in [2.24, 2.45) is 46.3 Å². The van der Waals surface area contributed by atoms with Gasteiger partial charge in [-0.15, -0.1) is 0 Å². The topological polar surface area (TPSA) is 258 Å². The predicted octanol–water partition coefficient (Wildman–Crippen LogP) is -6.35. The molecule has 4 fully saturated rings. The second-order valence-electron chi connectivity index (χ2n) is 16.6. The summed E-state index contributed by atoms with van der Waals surface area (Å²) in [4.78, 5) is 0. The van der Waals surface area contributed by atoms with Crippen LogP contribution >= 0.6 is 0 Å². The molecule has 0 aromatic carbocycles. The smallest absolute Gasteiger partial charge is 0.726 e. The molecule has 1 saturated heterocycles. The van der Waals surface area contributed by atoms with Gasteiger partial charge in [0.05, 0.1) is 24.4 Å². The van der Waals surface area contributed by atoms with Crippen LogP contribution in [0.5, 0.6) is 0 Å². The van der Waals surface area contributed by atoms with Gasteiger partial charge in [0.15, 0.2) is 6.29 Å². The first-order valence-corrected chi connectivity index (χ1v) is 22.1. The van der Waals surface area contributed by atoms with Crippen LogP contribution in [0.2, 0.25) is 0 Å². The zero-order valence-electron chi connectivity index (χ0n) is 33.4. The summed E-state index contributed by atoms with van der Waals surface area (Å²) in [6.45, 7) is 11.5. The van der Waals surface area contributed by atoms with Gasteiger partial charge in [-0.05, 0) is 111 Å². The second kappa shape index (κ2) is 20.1. The molecule has 0 aromatic heterocycles. The van der Waals surface area contributed by atoms with Gasteiger partial charge in [0, 0.05) is 0 Å². The molecule has 302 valence electrons. The van der Waals surface area contributed by atoms with Crippen molar-refractivity contribution >= 4 is 31.2 Å². The summed E-state index contributed by atoms with van der Waals surface area (Å²) in [5.74, 6) is 0.133. The van der Waals surface area contributed by atoms with E-state index in [0.29, 0.717) is 32.1 Å². The van der Waals surface area contributed by atoms with Gasteiger partial charge in [-0.3, -0.25) is 12.5 Å². The molecule has 2 N–H and O–H groups in total. The van der Waals surface area contributed by atoms with Gasteiger partial charge in [-0.1, -0.05) is 46.3 Å². The molecule has 15 atom stereocenters. The van der Waals surface area contributed by atoms with Crippen molar-refractivity contribution in [3.63, 3.8) is 0 Å². The molecular formula is C33H53Na3O16S3. The normalized spacial score (nSPS) is 40.2. The third-order valence-corrected chi connectivity index (χ3v) is 14.6. The zero-order valence-corrected chi connectivity index (χ0v) is 41.8. The first-order valence-electron chi connectivity index (χ1n) is 18.1. The van der Waals surface area contributed by atoms with Crippen LogP contribution in [0.4, 0.5) is 0 Å². The molecule has 1 aliphatic heterocycles. The molecule has 0 spiro atoms. The fraction of sp³-hybridized carbons (Fsp3) is 0.939. The number of hydrogen-bond acceptors (Lipinski definition) is 16. The van der Waals surface area contributed by atoms with Crippen molar-refractivity contribution < 1.29 is 160 Å². The van der Waals surface area contributed by atoms with Gasteiger partial charge in [0.1, 0.15) is 18.3 Å². The SMILES string of the molecule is CC(C)[C@H](CC[C@@H](C)[C@H]1CC[C@H]2[C@@H]3C[C@H](O[C@@H]4O[C@H](C)[C@@H](OS(=O)(=O)[O-])[C@H](O)[C@H]4O)[C@H]4C[C@@H](OS(=O)(=O)[O-])CC[C@]4(C)C3=CC[C@]12C)OS(=O)(=O)[O-].[Na+].[Na+].[Na+]. The summed E-state index contributed by atoms with van der Waals surface area (Å²) in [5, 5.41) is 21.8. The quantitative estimate of drug-likeness (QED) is 0.0755. The molecule has 0 bridgehead atoms. The van der Waals surface area contributed by atoms with Gasteiger partial charge < -0.3 is 33.3 Å². The zero-order chi connectivity index (χ0) is 38.8. The Kier molecular flexibility index (Phi) is 19.5. The number of ether oxygens (including phenoxy) is 2. The summed E-state index contributed by atoms with van der Waals surface area (Å²) >= 11 is 0. The Balaban J connectivity index is 0.00000348. The van der Waals surface area contributed by atoms with Crippen LogP contribution in [-0.2, 0) is 53.2 Å². The maximum Gasteiger partial charge on any atom is 1.00 e. The Morgan fingerprint density at radius 1 is 0.855 bits per heavy atom. The van der Waals surface area contributed by atoms with E-state index in [1.807, 2.05) is 13.8 Å². The van der Waals surface area contributed by atoms with Crippen molar-refractivity contribution in [3.05, 3.63) is 11.6 Å². The molecule has 3 saturated carbocycles. The molecular weight excluding hydrogens is 818 g/mol. The van der Waals surface area contributed by atoms with Crippen LogP contribution in [0.25, 0.3) is 0 Å². The minimum Gasteiger partial charge on any atom is -0.726 e. The fourth-order valence-corrected chi connectivity index (χ4v) is 12.4. The molecule has 5 aliphatic rings. The van der Waals surface area contributed by atoms with Gasteiger partial charge in [0.2, 0.25) is 31.2 Å². The Bertz CT molecular complexity index is 1670. The summed E-state index contributed by atoms with van der Waals surface area (Å²) in [7, 11) is -15.1. The number of fused-ring (bicyclic) bond motifs is 5. The standard InChI is InChI=1S/C33H56O16S3.3Na/c1-17(2)26(48-51(39,40)41)10-7-18(3)22-8-9-23-21-16-27(46-31-29(35)28(34)30(19(4)45-31)49-52(42,43)44)25-15-20(47-50(36,37)38)11-13-33(25,6)24(21)12-14-32(22,23)5;;;/h12,17-23,25-31,34-35H,7-11,13-16H2,1-6H3,(H,36,37,38)(H,39,40,41)(H,42,43,44);;;/q;3*+1/p-3/t18-,19-,20+,21+,22-,23+,25-,26+,27+,28-,29-,30-,31+,32-,33-;;;/m1.../s1. The third-order valence-electron chi connectivity index (χ3n) is 13.2. The number of rotatable bonds is 13. The first-order chi connectivity index (χ1) is 23.8. The maximum atomic E-state index is 11.6. The number of hydrogen-bond donors (Lipinski definition) is 2. The summed E-state index contributed by atoms with van der Waals surface area (Å²) in [6, 6.07) is 0. The molecule has 1 heterocycles. The molecule has 4 aliphatic carbocycles. The Hall–Kier alpha value is 2.19. The van der Waals surface area contributed by atoms with Crippen molar-refractivity contribution in [1.82, 2.24) is 0 Å². The number of aliphatic hydroxyl groups is 2. The van der Waals surface area contributed by atoms with Crippen molar-refractivity contribution in [1.29, 1.82) is 0 Å². The summed E-state index contributed by atoms with van der Waals surface area (Å²) in [6.07, 6.45) is -2.83. The van der Waals surface area contributed by atoms with E-state index < -0.39 is 85.6 Å². The van der Waals surface area contributed by atoms with E-state index in [1.165, 1.54) is 12.5 Å². The van der Waals surface area contributed by atoms with Crippen molar-refractivity contribution in [2.75, 3.05) is 0 Å². The predicted molar refractivity (Wildman–Crippen MR) is 179 cm³/mol. The second-order valence-corrected chi connectivity index (χ2v) is 19.6. The van der Waals surface area contributed by atoms with E-state index in [-0.39, 0.29) is 136 Å². The van der Waals surface area contributed by atoms with Crippen molar-refractivity contribution in [2.45, 2.75) is 148 Å². The van der Waals surface area contributed by atoms with Crippen LogP contribution in [0.1, 0.15) is 99.3 Å². The Morgan fingerprint density at radius 2 is 1.47 bits per heavy atom. The Labute approximate surface area is 393 Å². The minimum atomic E-state index is -5.24. The average molecular weight is 871 g/mol. The first kappa shape index (κ1) is 53.3. The Morgan fingerprint density at radius 3 is 2.04 bits per heavy atom. The average Bonchev–Trinajstić information content (AvgIpc) is 3.36. The molecule has 0 aromatic rings. The number of aliphatic hydroxyl groups excluding tert-OH is 2. The van der Waals surface area contributed by atoms with E-state index in [1.54, 1.807) is 0 Å². The fourth-order valence-electron chi connectivity index (χ4n) is 10.7. The molecule has 0 unspecified atom stereocenters. The monoisotopic (exact) mass is 870 g/mol. The minimum absolute atomic E-state index is 0. The summed E-state index contributed by atoms with van der Waals surface area (Å²) < 4.78 is 129. The molecule has 16 nitrogen and oxygen atoms in total. The van der Waals surface area contributed by atoms with E-state index >= 15 is 0 Å². The maximum absolute atomic E-state index is 11.6. The number of allylic oxidation sites excluding steroid dienone is 2. The van der Waals surface area contributed by atoms with Gasteiger partial charge in [-0.25, -0.2) is 25.3 Å². The van der Waals surface area contributed by atoms with Crippen LogP contribution in [0.3, 0.4) is 0 Å². The molecule has 5 rings (SSSR count). The van der Waals surface area contributed by atoms with E-state index in [2.05, 4.69) is 31.0 Å².